The molecule has 2 aromatic rings. The predicted molar refractivity (Wildman–Crippen MR) is 74.9 cm³/mol. The van der Waals surface area contributed by atoms with E-state index in [0.29, 0.717) is 6.04 Å². The molecule has 2 aromatic heterocycles. The van der Waals surface area contributed by atoms with E-state index < -0.39 is 0 Å². The zero-order chi connectivity index (χ0) is 13.8. The summed E-state index contributed by atoms with van der Waals surface area (Å²) in [6.45, 7) is 6.26. The van der Waals surface area contributed by atoms with Crippen LogP contribution in [0.15, 0.2) is 24.7 Å². The Bertz CT molecular complexity index is 532. The average molecular weight is 259 g/mol. The highest BCUT2D eigenvalue weighted by molar-refractivity contribution is 5.23. The Balaban J connectivity index is 2.25. The van der Waals surface area contributed by atoms with Crippen LogP contribution < -0.4 is 5.32 Å². The van der Waals surface area contributed by atoms with Gasteiger partial charge in [0, 0.05) is 30.4 Å². The van der Waals surface area contributed by atoms with Crippen molar-refractivity contribution in [1.29, 1.82) is 0 Å². The van der Waals surface area contributed by atoms with Crippen molar-refractivity contribution in [3.63, 3.8) is 0 Å². The molecule has 19 heavy (non-hydrogen) atoms. The summed E-state index contributed by atoms with van der Waals surface area (Å²) < 4.78 is 1.97. The van der Waals surface area contributed by atoms with E-state index in [-0.39, 0.29) is 6.04 Å². The van der Waals surface area contributed by atoms with Gasteiger partial charge in [0.05, 0.1) is 0 Å². The van der Waals surface area contributed by atoms with Crippen LogP contribution >= 0.6 is 0 Å². The summed E-state index contributed by atoms with van der Waals surface area (Å²) in [4.78, 5) is 8.72. The number of hydrogen-bond acceptors (Lipinski definition) is 4. The largest absolute Gasteiger partial charge is 0.313 e. The topological polar surface area (TPSA) is 55.6 Å². The van der Waals surface area contributed by atoms with Gasteiger partial charge < -0.3 is 5.32 Å². The number of hydrogen-bond donors (Lipinski definition) is 1. The van der Waals surface area contributed by atoms with E-state index in [0.717, 1.165) is 17.9 Å². The van der Waals surface area contributed by atoms with Gasteiger partial charge in [0.2, 0.25) is 0 Å². The summed E-state index contributed by atoms with van der Waals surface area (Å²) in [7, 11) is 1.97. The van der Waals surface area contributed by atoms with Gasteiger partial charge in [-0.1, -0.05) is 6.07 Å². The number of aromatic nitrogens is 4. The molecule has 0 saturated heterocycles. The van der Waals surface area contributed by atoms with Crippen molar-refractivity contribution in [3.05, 3.63) is 41.7 Å². The Morgan fingerprint density at radius 3 is 2.74 bits per heavy atom. The van der Waals surface area contributed by atoms with Gasteiger partial charge in [-0.15, -0.1) is 0 Å². The minimum Gasteiger partial charge on any atom is -0.313 e. The third-order valence-electron chi connectivity index (χ3n) is 3.29. The van der Waals surface area contributed by atoms with Crippen LogP contribution in [-0.2, 0) is 6.42 Å². The van der Waals surface area contributed by atoms with E-state index in [1.54, 1.807) is 6.33 Å². The van der Waals surface area contributed by atoms with Crippen LogP contribution in [0.4, 0.5) is 0 Å². The molecule has 0 aromatic carbocycles. The molecule has 0 fully saturated rings. The fraction of sp³-hybridized carbons (Fsp3) is 0.500. The first kappa shape index (κ1) is 13.7. The lowest BCUT2D eigenvalue weighted by atomic mass is 10.0. The molecule has 0 saturated carbocycles. The zero-order valence-electron chi connectivity index (χ0n) is 12.0. The highest BCUT2D eigenvalue weighted by atomic mass is 15.3. The molecule has 0 amide bonds. The maximum Gasteiger partial charge on any atom is 0.138 e. The first-order chi connectivity index (χ1) is 9.13. The Kier molecular flexibility index (Phi) is 4.27. The second kappa shape index (κ2) is 5.93. The molecule has 102 valence electrons. The maximum absolute atomic E-state index is 4.37. The Labute approximate surface area is 114 Å². The van der Waals surface area contributed by atoms with Crippen LogP contribution in [0, 0.1) is 6.92 Å². The summed E-state index contributed by atoms with van der Waals surface area (Å²) in [6, 6.07) is 4.61. The molecule has 2 rings (SSSR count). The summed E-state index contributed by atoms with van der Waals surface area (Å²) >= 11 is 0. The smallest absolute Gasteiger partial charge is 0.138 e. The fourth-order valence-electron chi connectivity index (χ4n) is 2.27. The Morgan fingerprint density at radius 1 is 1.32 bits per heavy atom. The van der Waals surface area contributed by atoms with Gasteiger partial charge in [-0.3, -0.25) is 4.98 Å². The van der Waals surface area contributed by atoms with Gasteiger partial charge in [-0.2, -0.15) is 5.10 Å². The minimum absolute atomic E-state index is 0.204. The molecule has 0 spiro atoms. The number of nitrogens with one attached hydrogen (secondary N) is 1. The molecular formula is C14H21N5. The second-order valence-corrected chi connectivity index (χ2v) is 4.94. The first-order valence-electron chi connectivity index (χ1n) is 6.60. The lowest BCUT2D eigenvalue weighted by Gasteiger charge is -2.19. The van der Waals surface area contributed by atoms with E-state index >= 15 is 0 Å². The second-order valence-electron chi connectivity index (χ2n) is 4.94. The standard InChI is InChI=1S/C14H21N5/c1-10(2)19-14(17-9-18-19)8-13(15-4)12-6-5-7-16-11(12)3/h5-7,9-10,13,15H,8H2,1-4H3. The van der Waals surface area contributed by atoms with Crippen molar-refractivity contribution in [2.24, 2.45) is 0 Å². The number of rotatable bonds is 5. The predicted octanol–water partition coefficient (Wildman–Crippen LogP) is 2.07. The summed E-state index contributed by atoms with van der Waals surface area (Å²) in [5.74, 6) is 0.998. The van der Waals surface area contributed by atoms with Gasteiger partial charge in [0.25, 0.3) is 0 Å². The SMILES string of the molecule is CNC(Cc1ncnn1C(C)C)c1cccnc1C. The molecule has 1 atom stereocenters. The van der Waals surface area contributed by atoms with Crippen LogP contribution in [0.2, 0.25) is 0 Å². The third kappa shape index (κ3) is 2.98. The summed E-state index contributed by atoms with van der Waals surface area (Å²) in [6.07, 6.45) is 4.25. The van der Waals surface area contributed by atoms with Crippen LogP contribution in [-0.4, -0.2) is 26.8 Å². The fourth-order valence-corrected chi connectivity index (χ4v) is 2.27. The summed E-state index contributed by atoms with van der Waals surface area (Å²) in [5, 5.41) is 7.62. The van der Waals surface area contributed by atoms with Crippen molar-refractivity contribution < 1.29 is 0 Å². The van der Waals surface area contributed by atoms with Crippen molar-refractivity contribution >= 4 is 0 Å². The maximum atomic E-state index is 4.37. The van der Waals surface area contributed by atoms with Gasteiger partial charge in [-0.05, 0) is 39.4 Å². The number of aryl methyl sites for hydroxylation is 1. The summed E-state index contributed by atoms with van der Waals surface area (Å²) in [5.41, 5.74) is 2.26. The molecule has 2 heterocycles. The van der Waals surface area contributed by atoms with Crippen LogP contribution in [0.1, 0.15) is 43.0 Å². The zero-order valence-corrected chi connectivity index (χ0v) is 12.0. The minimum atomic E-state index is 0.204. The van der Waals surface area contributed by atoms with Gasteiger partial charge in [-0.25, -0.2) is 9.67 Å². The molecule has 0 bridgehead atoms. The Hall–Kier alpha value is -1.75. The lowest BCUT2D eigenvalue weighted by molar-refractivity contribution is 0.476. The van der Waals surface area contributed by atoms with E-state index in [2.05, 4.69) is 40.3 Å². The van der Waals surface area contributed by atoms with Crippen LogP contribution in [0.5, 0.6) is 0 Å². The van der Waals surface area contributed by atoms with Crippen molar-refractivity contribution in [1.82, 2.24) is 25.1 Å². The van der Waals surface area contributed by atoms with Gasteiger partial charge in [0.15, 0.2) is 0 Å². The van der Waals surface area contributed by atoms with Crippen LogP contribution in [0.25, 0.3) is 0 Å². The lowest BCUT2D eigenvalue weighted by Crippen LogP contribution is -2.22. The van der Waals surface area contributed by atoms with E-state index in [4.69, 9.17) is 0 Å². The molecule has 5 heteroatoms. The van der Waals surface area contributed by atoms with Crippen molar-refractivity contribution in [2.75, 3.05) is 7.05 Å². The first-order valence-corrected chi connectivity index (χ1v) is 6.60. The third-order valence-corrected chi connectivity index (χ3v) is 3.29. The average Bonchev–Trinajstić information content (AvgIpc) is 2.85. The Morgan fingerprint density at radius 2 is 2.11 bits per heavy atom. The van der Waals surface area contributed by atoms with Crippen molar-refractivity contribution in [3.8, 4) is 0 Å². The highest BCUT2D eigenvalue weighted by Crippen LogP contribution is 2.20. The normalized spacial score (nSPS) is 12.9. The van der Waals surface area contributed by atoms with E-state index in [1.165, 1.54) is 5.56 Å². The molecule has 1 N–H and O–H groups in total. The van der Waals surface area contributed by atoms with E-state index in [1.807, 2.05) is 30.9 Å². The molecule has 0 aliphatic rings. The van der Waals surface area contributed by atoms with Crippen LogP contribution in [0.3, 0.4) is 0 Å². The van der Waals surface area contributed by atoms with Gasteiger partial charge >= 0.3 is 0 Å². The van der Waals surface area contributed by atoms with Crippen molar-refractivity contribution in [2.45, 2.75) is 39.3 Å². The van der Waals surface area contributed by atoms with Gasteiger partial charge in [0.1, 0.15) is 12.2 Å². The molecule has 0 aliphatic carbocycles. The molecule has 0 radical (unpaired) electrons. The molecular weight excluding hydrogens is 238 g/mol. The molecule has 1 unspecified atom stereocenters. The van der Waals surface area contributed by atoms with E-state index in [9.17, 15) is 0 Å². The molecule has 5 nitrogen and oxygen atoms in total. The monoisotopic (exact) mass is 259 g/mol. The quantitative estimate of drug-likeness (QED) is 0.893. The number of likely N-dealkylation sites (N-methyl/N-ethyl adjacent to an activating group) is 1. The number of nitrogens with zero attached hydrogens (tertiary/aromatic N) is 4. The number of pyridine rings is 1. The molecule has 0 aliphatic heterocycles. The highest BCUT2D eigenvalue weighted by Gasteiger charge is 2.17.